The van der Waals surface area contributed by atoms with E-state index in [1.807, 2.05) is 12.1 Å². The molecule has 0 aliphatic heterocycles. The van der Waals surface area contributed by atoms with Gasteiger partial charge >= 0.3 is 0 Å². The van der Waals surface area contributed by atoms with Crippen LogP contribution in [-0.4, -0.2) is 13.7 Å². The zero-order valence-electron chi connectivity index (χ0n) is 11.5. The van der Waals surface area contributed by atoms with Gasteiger partial charge in [-0.1, -0.05) is 47.1 Å². The summed E-state index contributed by atoms with van der Waals surface area (Å²) >= 11 is 6.05. The molecule has 106 valence electrons. The number of hydrogen-bond acceptors (Lipinski definition) is 2. The van der Waals surface area contributed by atoms with E-state index < -0.39 is 0 Å². The maximum atomic E-state index is 5.27. The summed E-state index contributed by atoms with van der Waals surface area (Å²) in [6.45, 7) is 3.04. The Bertz CT molecular complexity index is 588. The van der Waals surface area contributed by atoms with Crippen LogP contribution in [0.1, 0.15) is 24.1 Å². The minimum atomic E-state index is 0.174. The molecule has 0 radical (unpaired) electrons. The van der Waals surface area contributed by atoms with Crippen LogP contribution in [-0.2, 0) is 0 Å². The fraction of sp³-hybridized carbons (Fsp3) is 0.250. The average molecular weight is 446 g/mol. The van der Waals surface area contributed by atoms with Gasteiger partial charge in [0.15, 0.2) is 0 Å². The zero-order valence-corrected chi connectivity index (χ0v) is 15.2. The Kier molecular flexibility index (Phi) is 5.86. The first kappa shape index (κ1) is 15.8. The molecule has 0 aliphatic rings. The Morgan fingerprint density at radius 3 is 2.55 bits per heavy atom. The third-order valence-corrected chi connectivity index (χ3v) is 4.81. The smallest absolute Gasteiger partial charge is 0.120 e. The highest BCUT2D eigenvalue weighted by Crippen LogP contribution is 2.33. The van der Waals surface area contributed by atoms with Crippen LogP contribution < -0.4 is 10.1 Å². The van der Waals surface area contributed by atoms with Crippen molar-refractivity contribution in [3.63, 3.8) is 0 Å². The normalized spacial score (nSPS) is 12.2. The van der Waals surface area contributed by atoms with Crippen LogP contribution in [0.25, 0.3) is 0 Å². The molecule has 20 heavy (non-hydrogen) atoms. The van der Waals surface area contributed by atoms with E-state index in [9.17, 15) is 0 Å². The lowest BCUT2D eigenvalue weighted by Gasteiger charge is -2.22. The fourth-order valence-corrected chi connectivity index (χ4v) is 3.46. The number of ether oxygens (including phenoxy) is 1. The van der Waals surface area contributed by atoms with Crippen molar-refractivity contribution >= 4 is 38.5 Å². The van der Waals surface area contributed by atoms with Crippen LogP contribution >= 0.6 is 38.5 Å². The lowest BCUT2D eigenvalue weighted by atomic mass is 9.98. The standard InChI is InChI=1S/C16H17BrINO/c1-3-19-16(13-6-4-5-7-15(13)18)12-9-8-11(20-2)10-14(12)17/h4-10,16,19H,3H2,1-2H3. The first-order valence-corrected chi connectivity index (χ1v) is 8.35. The molecule has 1 unspecified atom stereocenters. The molecule has 2 rings (SSSR count). The van der Waals surface area contributed by atoms with Gasteiger partial charge in [-0.15, -0.1) is 0 Å². The summed E-state index contributed by atoms with van der Waals surface area (Å²) in [4.78, 5) is 0. The van der Waals surface area contributed by atoms with Gasteiger partial charge in [0.2, 0.25) is 0 Å². The molecule has 0 heterocycles. The molecule has 1 atom stereocenters. The Morgan fingerprint density at radius 2 is 1.95 bits per heavy atom. The third-order valence-electron chi connectivity index (χ3n) is 3.14. The van der Waals surface area contributed by atoms with Gasteiger partial charge in [0, 0.05) is 8.04 Å². The van der Waals surface area contributed by atoms with Gasteiger partial charge in [-0.3, -0.25) is 0 Å². The highest BCUT2D eigenvalue weighted by atomic mass is 127. The van der Waals surface area contributed by atoms with E-state index >= 15 is 0 Å². The summed E-state index contributed by atoms with van der Waals surface area (Å²) in [5, 5.41) is 3.56. The van der Waals surface area contributed by atoms with Gasteiger partial charge in [-0.05, 0) is 58.5 Å². The third kappa shape index (κ3) is 3.54. The molecule has 2 aromatic rings. The monoisotopic (exact) mass is 445 g/mol. The summed E-state index contributed by atoms with van der Waals surface area (Å²) in [6.07, 6.45) is 0. The quantitative estimate of drug-likeness (QED) is 0.670. The predicted octanol–water partition coefficient (Wildman–Crippen LogP) is 4.76. The number of nitrogens with one attached hydrogen (secondary N) is 1. The van der Waals surface area contributed by atoms with E-state index in [0.717, 1.165) is 16.8 Å². The van der Waals surface area contributed by atoms with Gasteiger partial charge in [0.25, 0.3) is 0 Å². The summed E-state index contributed by atoms with van der Waals surface area (Å²) in [5.41, 5.74) is 2.51. The van der Waals surface area contributed by atoms with Crippen LogP contribution in [0.3, 0.4) is 0 Å². The van der Waals surface area contributed by atoms with E-state index in [4.69, 9.17) is 4.74 Å². The zero-order chi connectivity index (χ0) is 14.5. The molecule has 4 heteroatoms. The lowest BCUT2D eigenvalue weighted by molar-refractivity contribution is 0.414. The maximum Gasteiger partial charge on any atom is 0.120 e. The predicted molar refractivity (Wildman–Crippen MR) is 95.4 cm³/mol. The van der Waals surface area contributed by atoms with Gasteiger partial charge in [0.05, 0.1) is 13.2 Å². The van der Waals surface area contributed by atoms with E-state index in [2.05, 4.69) is 81.1 Å². The first-order chi connectivity index (χ1) is 9.67. The summed E-state index contributed by atoms with van der Waals surface area (Å²) in [6, 6.07) is 14.8. The van der Waals surface area contributed by atoms with Crippen molar-refractivity contribution in [3.05, 3.63) is 61.6 Å². The second-order valence-electron chi connectivity index (χ2n) is 4.40. The second-order valence-corrected chi connectivity index (χ2v) is 6.42. The topological polar surface area (TPSA) is 21.3 Å². The molecule has 0 aliphatic carbocycles. The Labute approximate surface area is 142 Å². The number of hydrogen-bond donors (Lipinski definition) is 1. The Hall–Kier alpha value is -0.590. The average Bonchev–Trinajstić information content (AvgIpc) is 2.46. The highest BCUT2D eigenvalue weighted by Gasteiger charge is 2.18. The molecule has 0 spiro atoms. The van der Waals surface area contributed by atoms with E-state index in [1.165, 1.54) is 14.7 Å². The summed E-state index contributed by atoms with van der Waals surface area (Å²) in [5.74, 6) is 0.860. The number of rotatable bonds is 5. The van der Waals surface area contributed by atoms with Gasteiger partial charge in [0.1, 0.15) is 5.75 Å². The van der Waals surface area contributed by atoms with Crippen molar-refractivity contribution in [1.29, 1.82) is 0 Å². The van der Waals surface area contributed by atoms with Crippen molar-refractivity contribution in [2.24, 2.45) is 0 Å². The van der Waals surface area contributed by atoms with Gasteiger partial charge in [-0.2, -0.15) is 0 Å². The highest BCUT2D eigenvalue weighted by molar-refractivity contribution is 14.1. The second kappa shape index (κ2) is 7.43. The Morgan fingerprint density at radius 1 is 1.20 bits per heavy atom. The minimum absolute atomic E-state index is 0.174. The SMILES string of the molecule is CCNC(c1ccc(OC)cc1Br)c1ccccc1I. The van der Waals surface area contributed by atoms with Crippen molar-refractivity contribution in [1.82, 2.24) is 5.32 Å². The molecule has 1 N–H and O–H groups in total. The van der Waals surface area contributed by atoms with E-state index in [0.29, 0.717) is 0 Å². The van der Waals surface area contributed by atoms with Crippen molar-refractivity contribution < 1.29 is 4.74 Å². The number of benzene rings is 2. The molecular weight excluding hydrogens is 429 g/mol. The molecule has 0 saturated heterocycles. The molecular formula is C16H17BrINO. The molecule has 0 saturated carbocycles. The summed E-state index contributed by atoms with van der Waals surface area (Å²) in [7, 11) is 1.68. The molecule has 0 fully saturated rings. The molecule has 0 bridgehead atoms. The molecule has 2 nitrogen and oxygen atoms in total. The minimum Gasteiger partial charge on any atom is -0.497 e. The van der Waals surface area contributed by atoms with E-state index in [1.54, 1.807) is 7.11 Å². The molecule has 2 aromatic carbocycles. The van der Waals surface area contributed by atoms with Crippen LogP contribution in [0, 0.1) is 3.57 Å². The number of methoxy groups -OCH3 is 1. The first-order valence-electron chi connectivity index (χ1n) is 6.48. The largest absolute Gasteiger partial charge is 0.497 e. The molecule has 0 amide bonds. The van der Waals surface area contributed by atoms with Crippen molar-refractivity contribution in [2.45, 2.75) is 13.0 Å². The van der Waals surface area contributed by atoms with Crippen LogP contribution in [0.2, 0.25) is 0 Å². The van der Waals surface area contributed by atoms with E-state index in [-0.39, 0.29) is 6.04 Å². The number of halogens is 2. The van der Waals surface area contributed by atoms with Crippen LogP contribution in [0.5, 0.6) is 5.75 Å². The maximum absolute atomic E-state index is 5.27. The van der Waals surface area contributed by atoms with Crippen molar-refractivity contribution in [2.75, 3.05) is 13.7 Å². The van der Waals surface area contributed by atoms with Crippen LogP contribution in [0.15, 0.2) is 46.9 Å². The Balaban J connectivity index is 2.46. The van der Waals surface area contributed by atoms with Gasteiger partial charge < -0.3 is 10.1 Å². The summed E-state index contributed by atoms with van der Waals surface area (Å²) < 4.78 is 7.59. The fourth-order valence-electron chi connectivity index (χ4n) is 2.17. The lowest BCUT2D eigenvalue weighted by Crippen LogP contribution is -2.23. The van der Waals surface area contributed by atoms with Crippen molar-refractivity contribution in [3.8, 4) is 5.75 Å². The van der Waals surface area contributed by atoms with Gasteiger partial charge in [-0.25, -0.2) is 0 Å². The van der Waals surface area contributed by atoms with Crippen LogP contribution in [0.4, 0.5) is 0 Å². The molecule has 0 aromatic heterocycles.